The Balaban J connectivity index is 1.10. The zero-order chi connectivity index (χ0) is 85.1. The number of Topliss-reactive ketones (excluding diaryl/α,β-unsaturated/α-hetero) is 2. The molecule has 6 aliphatic rings. The summed E-state index contributed by atoms with van der Waals surface area (Å²) >= 11 is 2.75. The summed E-state index contributed by atoms with van der Waals surface area (Å²) in [6.45, 7) is 14.8. The van der Waals surface area contributed by atoms with E-state index in [1.54, 1.807) is 53.4 Å². The van der Waals surface area contributed by atoms with E-state index < -0.39 is 203 Å². The minimum absolute atomic E-state index is 0.000449. The fourth-order valence-corrected chi connectivity index (χ4v) is 17.8. The predicted molar refractivity (Wildman–Crippen MR) is 423 cm³/mol. The van der Waals surface area contributed by atoms with E-state index in [-0.39, 0.29) is 96.7 Å². The van der Waals surface area contributed by atoms with Gasteiger partial charge in [-0.05, 0) is 95.2 Å². The van der Waals surface area contributed by atoms with Crippen molar-refractivity contribution in [3.63, 3.8) is 0 Å². The maximum absolute atomic E-state index is 14.6. The van der Waals surface area contributed by atoms with E-state index in [9.17, 15) is 73.5 Å². The Labute approximate surface area is 692 Å². The molecule has 115 heavy (non-hydrogen) atoms. The molecule has 7 amide bonds. The first kappa shape index (κ1) is 95.4. The number of halogens is 1. The van der Waals surface area contributed by atoms with Crippen LogP contribution in [0.25, 0.3) is 0 Å². The van der Waals surface area contributed by atoms with Crippen LogP contribution in [0.1, 0.15) is 129 Å². The molecule has 1 aromatic carbocycles. The number of primary amides is 1. The molecule has 13 N–H and O–H groups in total. The number of ketones is 2. The lowest BCUT2D eigenvalue weighted by molar-refractivity contribution is -0.337. The van der Waals surface area contributed by atoms with Gasteiger partial charge in [-0.15, -0.1) is 0 Å². The Morgan fingerprint density at radius 2 is 1.52 bits per heavy atom. The van der Waals surface area contributed by atoms with Gasteiger partial charge in [-0.2, -0.15) is 5.48 Å². The first-order chi connectivity index (χ1) is 54.4. The smallest absolute Gasteiger partial charge is 0.411 e. The van der Waals surface area contributed by atoms with Crippen molar-refractivity contribution in [1.29, 1.82) is 0 Å². The summed E-state index contributed by atoms with van der Waals surface area (Å²) in [7, 11) is 10.4. The number of likely N-dealkylation sites (N-methyl/N-ethyl adjacent to an activating group) is 1. The first-order valence-electron chi connectivity index (χ1n) is 37.0. The van der Waals surface area contributed by atoms with Crippen LogP contribution in [0.2, 0.25) is 0 Å². The summed E-state index contributed by atoms with van der Waals surface area (Å²) in [5, 5.41) is 65.1. The van der Waals surface area contributed by atoms with Crippen LogP contribution in [-0.4, -0.2) is 276 Å². The number of thioether (sulfide) groups is 1. The van der Waals surface area contributed by atoms with E-state index in [1.165, 1.54) is 89.2 Å². The number of alkyl carbamates (subject to hydrolysis) is 1. The number of nitrogens with zero attached hydrogens (tertiary/aromatic N) is 1. The van der Waals surface area contributed by atoms with Gasteiger partial charge in [0.15, 0.2) is 47.5 Å². The number of aliphatic hydroxyl groups excluding tert-OH is 4. The van der Waals surface area contributed by atoms with Crippen LogP contribution < -0.4 is 52.2 Å². The van der Waals surface area contributed by atoms with E-state index >= 15 is 0 Å². The Hall–Kier alpha value is -6.76. The van der Waals surface area contributed by atoms with Crippen molar-refractivity contribution in [3.05, 3.63) is 49.8 Å². The van der Waals surface area contributed by atoms with Gasteiger partial charge < -0.3 is 104 Å². The largest absolute Gasteiger partial charge is 0.492 e. The van der Waals surface area contributed by atoms with Crippen LogP contribution in [0, 0.1) is 40.1 Å². The molecule has 2 bridgehead atoms. The third-order valence-corrected chi connectivity index (χ3v) is 25.5. The number of hydrazine groups is 1. The molecule has 7 rings (SSSR count). The van der Waals surface area contributed by atoms with Crippen molar-refractivity contribution >= 4 is 114 Å². The Morgan fingerprint density at radius 3 is 2.16 bits per heavy atom. The van der Waals surface area contributed by atoms with Gasteiger partial charge in [-0.25, -0.2) is 4.79 Å². The monoisotopic (exact) mass is 1790 g/mol. The molecule has 0 spiro atoms. The lowest BCUT2D eigenvalue weighted by atomic mass is 9.75. The fourth-order valence-electron chi connectivity index (χ4n) is 13.6. The minimum atomic E-state index is -2.30. The van der Waals surface area contributed by atoms with E-state index in [0.29, 0.717) is 15.7 Å². The van der Waals surface area contributed by atoms with Gasteiger partial charge in [0.1, 0.15) is 36.6 Å². The fraction of sp³-hybridized carbons (Fsp3) is 0.653. The summed E-state index contributed by atoms with van der Waals surface area (Å²) in [6, 6.07) is -3.15. The number of nitrogens with two attached hydrogens (primary N) is 1. The molecule has 1 aromatic rings. The molecular weight excluding hydrogens is 1680 g/mol. The molecule has 40 heteroatoms. The lowest BCUT2D eigenvalue weighted by Gasteiger charge is -2.47. The van der Waals surface area contributed by atoms with E-state index in [4.69, 9.17) is 67.4 Å². The number of benzene rings is 1. The number of nitrogens with one attached hydrogen (secondary N) is 6. The standard InChI is InChI=1S/C75H105IN8O28S3/c1-16-84(40(7)85)43-34-105-53(31-48(43)100-11)110-66-61(94)58(83-112-54-30-45(87)68(39(6)106-54)114-70(97)55-36(3)57(76)64(67(103-14)63(55)101-12)111-71-62(95)65(102-13)60(93)38(5)108-71)37(4)107-72(66)109-47-22-19-17-18-20-26-75(99)32-46(88)59(80-73(98)104-15)56(47)41(75)25-27-113-115-74(8,9)33-52(92)81-82-69(96)35(2)28-44(86)42(29-49(77)89)79-51(91)24-21-23-50(90)78-10/h17-18,25,35,37-39,42-43,45,47-48,53-54,58,60-62,65-66,68,71-72,83,87,93-95,99H,16,21,23-24,27-34H2,1-15H3,(H2,77,89)(H,78,90)(H,79,91)(H,80,98)(H,81,92)(H,82,96)/b18-17-,41-25+/t35-,37?,38?,39?,42+,43?,45?,47+,48?,53?,54?,58?,60?,61?,62?,65?,66?,68?,71?,72?,75+/m1/s1. The summed E-state index contributed by atoms with van der Waals surface area (Å²) in [4.78, 5) is 139. The molecule has 4 aliphatic heterocycles. The summed E-state index contributed by atoms with van der Waals surface area (Å²) < 4.78 is 72.1. The highest BCUT2D eigenvalue weighted by molar-refractivity contribution is 14.1. The maximum Gasteiger partial charge on any atom is 0.411 e. The number of amides is 7. The molecule has 0 radical (unpaired) electrons. The maximum atomic E-state index is 14.6. The predicted octanol–water partition coefficient (Wildman–Crippen LogP) is 1.37. The normalized spacial score (nSPS) is 29.8. The van der Waals surface area contributed by atoms with Gasteiger partial charge in [-0.1, -0.05) is 70.0 Å². The number of hydrogen-bond donors (Lipinski definition) is 12. The number of aliphatic hydroxyl groups is 5. The molecule has 2 aliphatic carbocycles. The number of methoxy groups -OCH3 is 5. The Morgan fingerprint density at radius 1 is 0.835 bits per heavy atom. The van der Waals surface area contributed by atoms with E-state index in [0.717, 1.165) is 18.9 Å². The topological polar surface area (TPSA) is 493 Å². The second-order valence-corrected chi connectivity index (χ2v) is 33.8. The molecule has 638 valence electrons. The third kappa shape index (κ3) is 24.9. The molecule has 36 nitrogen and oxygen atoms in total. The van der Waals surface area contributed by atoms with Gasteiger partial charge in [0, 0.05) is 101 Å². The molecule has 4 fully saturated rings. The Bertz CT molecular complexity index is 3920. The number of hydroxylamine groups is 1. The van der Waals surface area contributed by atoms with Gasteiger partial charge >= 0.3 is 6.09 Å². The molecule has 4 heterocycles. The first-order valence-corrected chi connectivity index (χ1v) is 41.3. The number of carbonyl (C=O) groups is 10. The van der Waals surface area contributed by atoms with E-state index in [2.05, 4.69) is 56.0 Å². The SMILES string of the molecule is CCN(C(C)=O)C1COC(OC2C(O[C@H]3C#C/C=C\C#C[C@]4(O)CC(=O)C(NC(=O)OC)=C3/C4=C\CSSC(C)(C)CC(=O)NNC(=O)[C@H](C)CC(=O)[C@H](CC(N)=O)NC(=O)CCCC(=O)NC)OC(C)C(NOC3CC(O)C(SC(=O)c4c(C)c(I)c(OC5OC(C)C(O)C(OC)C5O)c(OC)c4OC)C(C)O3)C2O)CC1OC. The zero-order valence-corrected chi connectivity index (χ0v) is 71.1. The van der Waals surface area contributed by atoms with Gasteiger partial charge in [0.2, 0.25) is 52.6 Å². The number of ether oxygens (including phenoxy) is 12. The van der Waals surface area contributed by atoms with Crippen LogP contribution in [0.15, 0.2) is 35.1 Å². The molecular formula is C75H105IN8O28S3. The second kappa shape index (κ2) is 43.8. The summed E-state index contributed by atoms with van der Waals surface area (Å²) in [5.74, 6) is 5.38. The van der Waals surface area contributed by atoms with Crippen molar-refractivity contribution in [1.82, 2.24) is 37.2 Å². The van der Waals surface area contributed by atoms with Gasteiger partial charge in [0.05, 0.1) is 110 Å². The number of fused-ring (bicyclic) bond motifs is 2. The zero-order valence-electron chi connectivity index (χ0n) is 66.5. The highest BCUT2D eigenvalue weighted by atomic mass is 127. The number of hydrogen-bond acceptors (Lipinski definition) is 32. The van der Waals surface area contributed by atoms with Crippen molar-refractivity contribution < 1.29 is 135 Å². The highest BCUT2D eigenvalue weighted by Crippen LogP contribution is 2.50. The Kier molecular flexibility index (Phi) is 36.3. The molecule has 0 saturated carbocycles. The van der Waals surface area contributed by atoms with E-state index in [1.807, 2.05) is 22.6 Å². The summed E-state index contributed by atoms with van der Waals surface area (Å²) in [5.41, 5.74) is 10.4. The molecule has 4 saturated heterocycles. The van der Waals surface area contributed by atoms with Crippen LogP contribution in [0.4, 0.5) is 4.79 Å². The molecule has 21 atom stereocenters. The second-order valence-electron chi connectivity index (χ2n) is 28.5. The number of rotatable bonds is 35. The lowest BCUT2D eigenvalue weighted by Crippen LogP contribution is -2.65. The number of carbonyl (C=O) groups excluding carboxylic acids is 10. The quantitative estimate of drug-likeness (QED) is 0.0150. The van der Waals surface area contributed by atoms with Gasteiger partial charge in [-0.3, -0.25) is 64.2 Å². The number of allylic oxidation sites excluding steroid dienone is 3. The van der Waals surface area contributed by atoms with Crippen LogP contribution in [0.5, 0.6) is 17.2 Å². The van der Waals surface area contributed by atoms with Crippen molar-refractivity contribution in [2.24, 2.45) is 11.7 Å². The summed E-state index contributed by atoms with van der Waals surface area (Å²) in [6.07, 6.45) is -17.8. The average molecular weight is 1790 g/mol. The van der Waals surface area contributed by atoms with Crippen molar-refractivity contribution in [2.45, 2.75) is 246 Å². The molecule has 17 unspecified atom stereocenters. The van der Waals surface area contributed by atoms with Crippen LogP contribution in [-0.2, 0) is 85.8 Å². The van der Waals surface area contributed by atoms with Crippen molar-refractivity contribution in [3.8, 4) is 40.9 Å². The molecule has 0 aromatic heterocycles. The van der Waals surface area contributed by atoms with Gasteiger partial charge in [0.25, 0.3) is 0 Å². The average Bonchev–Trinajstić information content (AvgIpc) is 0.751. The van der Waals surface area contributed by atoms with Crippen LogP contribution in [0.3, 0.4) is 0 Å². The van der Waals surface area contributed by atoms with Crippen LogP contribution >= 0.6 is 55.9 Å². The van der Waals surface area contributed by atoms with Crippen molar-refractivity contribution in [2.75, 3.05) is 61.5 Å². The minimum Gasteiger partial charge on any atom is -0.492 e. The third-order valence-electron chi connectivity index (χ3n) is 19.7. The highest BCUT2D eigenvalue weighted by Gasteiger charge is 2.53.